The number of morpholine rings is 1. The molecule has 0 saturated carbocycles. The molecule has 2 heterocycles. The molecule has 6 nitrogen and oxygen atoms in total. The number of para-hydroxylation sites is 1. The van der Waals surface area contributed by atoms with Gasteiger partial charge in [0, 0.05) is 25.0 Å². The van der Waals surface area contributed by atoms with Crippen molar-refractivity contribution < 1.29 is 9.53 Å². The standard InChI is InChI=1S/C24H32N4O2S/c1-18(23(29)25-12-11-19-7-3-2-4-8-19)31-24-20-9-5-6-10-21(20)26-22(27-24)17-28-13-15-30-16-14-28/h5-7,9-10,18H,2-4,8,11-17H2,1H3,(H,25,29)/t18-/m0/s1. The first-order valence-corrected chi connectivity index (χ1v) is 12.2. The number of nitrogens with one attached hydrogen (secondary N) is 1. The van der Waals surface area contributed by atoms with E-state index in [4.69, 9.17) is 14.7 Å². The number of benzene rings is 1. The van der Waals surface area contributed by atoms with E-state index in [2.05, 4.69) is 16.3 Å². The summed E-state index contributed by atoms with van der Waals surface area (Å²) in [4.78, 5) is 24.6. The predicted octanol–water partition coefficient (Wildman–Crippen LogP) is 3.95. The lowest BCUT2D eigenvalue weighted by molar-refractivity contribution is -0.120. The van der Waals surface area contributed by atoms with Crippen molar-refractivity contribution in [2.24, 2.45) is 0 Å². The number of nitrogens with zero attached hydrogens (tertiary/aromatic N) is 3. The first-order valence-electron chi connectivity index (χ1n) is 11.4. The molecule has 2 aliphatic rings. The van der Waals surface area contributed by atoms with Crippen LogP contribution >= 0.6 is 11.8 Å². The second-order valence-corrected chi connectivity index (χ2v) is 9.59. The van der Waals surface area contributed by atoms with Gasteiger partial charge in [0.15, 0.2) is 0 Å². The molecule has 0 spiro atoms. The molecule has 4 rings (SSSR count). The van der Waals surface area contributed by atoms with Gasteiger partial charge in [-0.15, -0.1) is 0 Å². The zero-order valence-electron chi connectivity index (χ0n) is 18.3. The van der Waals surface area contributed by atoms with Crippen molar-refractivity contribution in [1.29, 1.82) is 0 Å². The van der Waals surface area contributed by atoms with E-state index in [-0.39, 0.29) is 11.2 Å². The Labute approximate surface area is 188 Å². The van der Waals surface area contributed by atoms with E-state index in [1.165, 1.54) is 43.0 Å². The molecule has 1 amide bonds. The second kappa shape index (κ2) is 11.1. The topological polar surface area (TPSA) is 67.3 Å². The average Bonchev–Trinajstić information content (AvgIpc) is 2.80. The van der Waals surface area contributed by atoms with Crippen LogP contribution in [0.25, 0.3) is 10.9 Å². The number of carbonyl (C=O) groups is 1. The highest BCUT2D eigenvalue weighted by molar-refractivity contribution is 8.00. The lowest BCUT2D eigenvalue weighted by atomic mass is 9.97. The molecule has 1 N–H and O–H groups in total. The van der Waals surface area contributed by atoms with E-state index in [1.54, 1.807) is 0 Å². The minimum Gasteiger partial charge on any atom is -0.379 e. The first kappa shape index (κ1) is 22.2. The quantitative estimate of drug-likeness (QED) is 0.381. The van der Waals surface area contributed by atoms with Crippen LogP contribution in [0, 0.1) is 0 Å². The van der Waals surface area contributed by atoms with Gasteiger partial charge in [-0.05, 0) is 45.1 Å². The molecule has 1 aliphatic heterocycles. The predicted molar refractivity (Wildman–Crippen MR) is 125 cm³/mol. The summed E-state index contributed by atoms with van der Waals surface area (Å²) in [6, 6.07) is 8.06. The van der Waals surface area contributed by atoms with E-state index in [0.29, 0.717) is 13.1 Å². The lowest BCUT2D eigenvalue weighted by Crippen LogP contribution is -2.36. The largest absolute Gasteiger partial charge is 0.379 e. The monoisotopic (exact) mass is 440 g/mol. The van der Waals surface area contributed by atoms with Crippen LogP contribution in [0.4, 0.5) is 0 Å². The van der Waals surface area contributed by atoms with E-state index in [1.807, 2.05) is 31.2 Å². The molecule has 166 valence electrons. The maximum Gasteiger partial charge on any atom is 0.233 e. The van der Waals surface area contributed by atoms with Gasteiger partial charge in [0.05, 0.1) is 30.5 Å². The van der Waals surface area contributed by atoms with E-state index >= 15 is 0 Å². The molecule has 1 saturated heterocycles. The van der Waals surface area contributed by atoms with Crippen LogP contribution in [0.2, 0.25) is 0 Å². The summed E-state index contributed by atoms with van der Waals surface area (Å²) in [5, 5.41) is 4.79. The van der Waals surface area contributed by atoms with Gasteiger partial charge < -0.3 is 10.1 Å². The number of thioether (sulfide) groups is 1. The maximum atomic E-state index is 12.7. The van der Waals surface area contributed by atoms with Gasteiger partial charge >= 0.3 is 0 Å². The van der Waals surface area contributed by atoms with Crippen molar-refractivity contribution >= 4 is 28.6 Å². The molecule has 0 radical (unpaired) electrons. The molecule has 2 aromatic rings. The van der Waals surface area contributed by atoms with Crippen molar-refractivity contribution in [1.82, 2.24) is 20.2 Å². The van der Waals surface area contributed by atoms with Crippen LogP contribution in [0.5, 0.6) is 0 Å². The average molecular weight is 441 g/mol. The number of aromatic nitrogens is 2. The summed E-state index contributed by atoms with van der Waals surface area (Å²) < 4.78 is 5.45. The zero-order chi connectivity index (χ0) is 21.5. The van der Waals surface area contributed by atoms with Crippen LogP contribution in [0.1, 0.15) is 44.9 Å². The van der Waals surface area contributed by atoms with E-state index in [9.17, 15) is 4.79 Å². The minimum absolute atomic E-state index is 0.0684. The summed E-state index contributed by atoms with van der Waals surface area (Å²) >= 11 is 1.52. The molecule has 1 aromatic carbocycles. The van der Waals surface area contributed by atoms with Crippen molar-refractivity contribution in [3.8, 4) is 0 Å². The molecule has 1 aliphatic carbocycles. The number of amides is 1. The fourth-order valence-electron chi connectivity index (χ4n) is 4.06. The van der Waals surface area contributed by atoms with Crippen LogP contribution in [-0.4, -0.2) is 58.9 Å². The van der Waals surface area contributed by atoms with Gasteiger partial charge in [-0.25, -0.2) is 9.97 Å². The van der Waals surface area contributed by atoms with Gasteiger partial charge in [0.2, 0.25) is 5.91 Å². The fourth-order valence-corrected chi connectivity index (χ4v) is 5.04. The Morgan fingerprint density at radius 1 is 1.23 bits per heavy atom. The van der Waals surface area contributed by atoms with Gasteiger partial charge in [-0.2, -0.15) is 0 Å². The third-order valence-corrected chi connectivity index (χ3v) is 6.97. The van der Waals surface area contributed by atoms with Crippen LogP contribution in [0.3, 0.4) is 0 Å². The van der Waals surface area contributed by atoms with Crippen LogP contribution in [0.15, 0.2) is 40.9 Å². The second-order valence-electron chi connectivity index (χ2n) is 8.26. The van der Waals surface area contributed by atoms with Crippen molar-refractivity contribution in [2.75, 3.05) is 32.8 Å². The summed E-state index contributed by atoms with van der Waals surface area (Å²) in [7, 11) is 0. The lowest BCUT2D eigenvalue weighted by Gasteiger charge is -2.26. The Bertz CT molecular complexity index is 927. The Morgan fingerprint density at radius 3 is 2.87 bits per heavy atom. The number of hydrogen-bond acceptors (Lipinski definition) is 6. The number of carbonyl (C=O) groups excluding carboxylic acids is 1. The highest BCUT2D eigenvalue weighted by Gasteiger charge is 2.19. The molecular weight excluding hydrogens is 408 g/mol. The Kier molecular flexibility index (Phi) is 7.94. The summed E-state index contributed by atoms with van der Waals surface area (Å²) in [5.74, 6) is 0.874. The SMILES string of the molecule is C[C@H](Sc1nc(CN2CCOCC2)nc2ccccc12)C(=O)NCCC1=CCCCC1. The minimum atomic E-state index is -0.213. The molecular formula is C24H32N4O2S. The summed E-state index contributed by atoms with van der Waals surface area (Å²) in [5.41, 5.74) is 2.42. The smallest absolute Gasteiger partial charge is 0.233 e. The number of hydrogen-bond donors (Lipinski definition) is 1. The maximum absolute atomic E-state index is 12.7. The molecule has 1 fully saturated rings. The molecule has 0 bridgehead atoms. The highest BCUT2D eigenvalue weighted by Crippen LogP contribution is 2.29. The molecule has 31 heavy (non-hydrogen) atoms. The van der Waals surface area contributed by atoms with Crippen LogP contribution in [-0.2, 0) is 16.1 Å². The summed E-state index contributed by atoms with van der Waals surface area (Å²) in [6.07, 6.45) is 8.24. The normalized spacial score (nSPS) is 18.5. The molecule has 1 atom stereocenters. The third-order valence-electron chi connectivity index (χ3n) is 5.87. The number of rotatable bonds is 8. The third kappa shape index (κ3) is 6.28. The molecule has 7 heteroatoms. The number of allylic oxidation sites excluding steroid dienone is 1. The van der Waals surface area contributed by atoms with E-state index < -0.39 is 0 Å². The van der Waals surface area contributed by atoms with Crippen LogP contribution < -0.4 is 5.32 Å². The Hall–Kier alpha value is -1.96. The van der Waals surface area contributed by atoms with Crippen molar-refractivity contribution in [2.45, 2.75) is 55.8 Å². The molecule has 0 unspecified atom stereocenters. The van der Waals surface area contributed by atoms with Crippen molar-refractivity contribution in [3.05, 3.63) is 41.7 Å². The van der Waals surface area contributed by atoms with Gasteiger partial charge in [-0.3, -0.25) is 9.69 Å². The zero-order valence-corrected chi connectivity index (χ0v) is 19.1. The number of fused-ring (bicyclic) bond motifs is 1. The first-order chi connectivity index (χ1) is 15.2. The summed E-state index contributed by atoms with van der Waals surface area (Å²) in [6.45, 7) is 6.67. The molecule has 1 aromatic heterocycles. The van der Waals surface area contributed by atoms with Gasteiger partial charge in [-0.1, -0.05) is 41.6 Å². The van der Waals surface area contributed by atoms with Gasteiger partial charge in [0.1, 0.15) is 10.9 Å². The Balaban J connectivity index is 1.40. The fraction of sp³-hybridized carbons (Fsp3) is 0.542. The van der Waals surface area contributed by atoms with E-state index in [0.717, 1.165) is 54.5 Å². The van der Waals surface area contributed by atoms with Gasteiger partial charge in [0.25, 0.3) is 0 Å². The highest BCUT2D eigenvalue weighted by atomic mass is 32.2. The van der Waals surface area contributed by atoms with Crippen molar-refractivity contribution in [3.63, 3.8) is 0 Å². The Morgan fingerprint density at radius 2 is 2.06 bits per heavy atom. The number of ether oxygens (including phenoxy) is 1.